The molecule has 1 heterocycles. The predicted octanol–water partition coefficient (Wildman–Crippen LogP) is 2.31. The van der Waals surface area contributed by atoms with Crippen LogP contribution in [0.1, 0.15) is 10.4 Å². The van der Waals surface area contributed by atoms with Crippen LogP contribution < -0.4 is 21.3 Å². The highest BCUT2D eigenvalue weighted by Gasteiger charge is 2.18. The summed E-state index contributed by atoms with van der Waals surface area (Å²) in [4.78, 5) is 41.2. The van der Waals surface area contributed by atoms with Gasteiger partial charge in [0, 0.05) is 16.8 Å². The first kappa shape index (κ1) is 20.1. The van der Waals surface area contributed by atoms with Crippen molar-refractivity contribution < 1.29 is 14.3 Å². The maximum absolute atomic E-state index is 12.8. The molecule has 0 bridgehead atoms. The van der Waals surface area contributed by atoms with Crippen molar-refractivity contribution in [2.24, 2.45) is 5.73 Å². The molecule has 0 fully saturated rings. The van der Waals surface area contributed by atoms with Crippen LogP contribution in [-0.4, -0.2) is 28.5 Å². The lowest BCUT2D eigenvalue weighted by Gasteiger charge is -2.14. The molecule has 9 heteroatoms. The Labute approximate surface area is 170 Å². The van der Waals surface area contributed by atoms with E-state index in [-0.39, 0.29) is 11.4 Å². The Morgan fingerprint density at radius 3 is 2.59 bits per heavy atom. The molecule has 3 aromatic rings. The van der Waals surface area contributed by atoms with Gasteiger partial charge in [-0.3, -0.25) is 19.0 Å². The van der Waals surface area contributed by atoms with Gasteiger partial charge in [-0.25, -0.2) is 4.98 Å². The molecule has 0 spiro atoms. The average molecular weight is 413 g/mol. The molecule has 0 saturated heterocycles. The highest BCUT2D eigenvalue weighted by molar-refractivity contribution is 6.31. The fourth-order valence-electron chi connectivity index (χ4n) is 2.74. The van der Waals surface area contributed by atoms with Crippen molar-refractivity contribution in [3.63, 3.8) is 0 Å². The minimum atomic E-state index is -0.923. The molecule has 0 aliphatic rings. The number of benzene rings is 2. The number of anilines is 1. The maximum Gasteiger partial charge on any atom is 0.267 e. The van der Waals surface area contributed by atoms with E-state index in [1.54, 1.807) is 36.4 Å². The zero-order valence-corrected chi connectivity index (χ0v) is 16.1. The molecule has 0 radical (unpaired) electrons. The monoisotopic (exact) mass is 412 g/mol. The van der Waals surface area contributed by atoms with E-state index in [9.17, 15) is 14.4 Å². The summed E-state index contributed by atoms with van der Waals surface area (Å²) in [7, 11) is 1.46. The van der Waals surface area contributed by atoms with Crippen LogP contribution in [0.25, 0.3) is 11.4 Å². The third-order valence-electron chi connectivity index (χ3n) is 4.08. The molecule has 0 aliphatic heterocycles. The molecule has 1 aromatic heterocycles. The summed E-state index contributed by atoms with van der Waals surface area (Å²) in [6, 6.07) is 13.6. The molecule has 0 aliphatic carbocycles. The van der Waals surface area contributed by atoms with E-state index in [0.717, 1.165) is 10.8 Å². The van der Waals surface area contributed by atoms with Gasteiger partial charge in [-0.1, -0.05) is 41.9 Å². The van der Waals surface area contributed by atoms with Crippen LogP contribution in [0.5, 0.6) is 5.75 Å². The Morgan fingerprint density at radius 2 is 1.93 bits per heavy atom. The number of nitrogens with two attached hydrogens (primary N) is 1. The summed E-state index contributed by atoms with van der Waals surface area (Å²) < 4.78 is 6.30. The zero-order chi connectivity index (χ0) is 21.0. The van der Waals surface area contributed by atoms with E-state index in [2.05, 4.69) is 10.3 Å². The number of amides is 2. The lowest BCUT2D eigenvalue weighted by molar-refractivity contribution is -0.116. The van der Waals surface area contributed by atoms with Crippen molar-refractivity contribution in [3.8, 4) is 17.1 Å². The summed E-state index contributed by atoms with van der Waals surface area (Å²) in [6.45, 7) is -0.396. The number of hydrogen-bond acceptors (Lipinski definition) is 5. The molecule has 2 aromatic carbocycles. The summed E-state index contributed by atoms with van der Waals surface area (Å²) in [6.07, 6.45) is 1.11. The zero-order valence-electron chi connectivity index (χ0n) is 15.4. The van der Waals surface area contributed by atoms with E-state index in [0.29, 0.717) is 22.0 Å². The lowest BCUT2D eigenvalue weighted by atomic mass is 10.2. The van der Waals surface area contributed by atoms with Gasteiger partial charge in [-0.15, -0.1) is 0 Å². The molecule has 148 valence electrons. The number of ether oxygens (including phenoxy) is 1. The average Bonchev–Trinajstić information content (AvgIpc) is 2.70. The molecule has 0 unspecified atom stereocenters. The Balaban J connectivity index is 2.00. The summed E-state index contributed by atoms with van der Waals surface area (Å²) in [5.41, 5.74) is 5.19. The van der Waals surface area contributed by atoms with Crippen molar-refractivity contribution in [3.05, 3.63) is 75.7 Å². The molecule has 2 amide bonds. The fraction of sp³-hybridized carbons (Fsp3) is 0.100. The van der Waals surface area contributed by atoms with Gasteiger partial charge in [0.1, 0.15) is 23.7 Å². The van der Waals surface area contributed by atoms with Crippen LogP contribution in [0.4, 0.5) is 5.69 Å². The molecule has 3 rings (SSSR count). The minimum Gasteiger partial charge on any atom is -0.495 e. The Kier molecular flexibility index (Phi) is 5.94. The second-order valence-corrected chi connectivity index (χ2v) is 6.45. The number of methoxy groups -OCH3 is 1. The molecule has 0 atom stereocenters. The number of aromatic nitrogens is 2. The Bertz CT molecular complexity index is 1130. The number of primary amides is 1. The number of carbonyl (C=O) groups is 2. The van der Waals surface area contributed by atoms with Gasteiger partial charge < -0.3 is 15.8 Å². The second-order valence-electron chi connectivity index (χ2n) is 6.01. The summed E-state index contributed by atoms with van der Waals surface area (Å²) >= 11 is 5.98. The van der Waals surface area contributed by atoms with Crippen LogP contribution >= 0.6 is 11.6 Å². The quantitative estimate of drug-likeness (QED) is 0.644. The van der Waals surface area contributed by atoms with Gasteiger partial charge in [0.2, 0.25) is 5.91 Å². The fourth-order valence-corrected chi connectivity index (χ4v) is 2.91. The molecular formula is C20H17ClN4O4. The molecule has 3 N–H and O–H groups in total. The van der Waals surface area contributed by atoms with Crippen molar-refractivity contribution in [2.45, 2.75) is 6.54 Å². The van der Waals surface area contributed by atoms with Crippen molar-refractivity contribution in [1.29, 1.82) is 0 Å². The van der Waals surface area contributed by atoms with Gasteiger partial charge in [0.05, 0.1) is 12.8 Å². The number of nitrogens with zero attached hydrogens (tertiary/aromatic N) is 2. The summed E-state index contributed by atoms with van der Waals surface area (Å²) in [5.74, 6) is -0.822. The Hall–Kier alpha value is -3.65. The third-order valence-corrected chi connectivity index (χ3v) is 4.32. The van der Waals surface area contributed by atoms with E-state index in [1.807, 2.05) is 6.07 Å². The first-order valence-corrected chi connectivity index (χ1v) is 8.87. The van der Waals surface area contributed by atoms with Crippen LogP contribution in [0, 0.1) is 0 Å². The first-order chi connectivity index (χ1) is 13.9. The van der Waals surface area contributed by atoms with Crippen LogP contribution in [-0.2, 0) is 11.3 Å². The number of nitrogens with one attached hydrogen (secondary N) is 1. The van der Waals surface area contributed by atoms with E-state index in [1.165, 1.54) is 13.2 Å². The summed E-state index contributed by atoms with van der Waals surface area (Å²) in [5, 5.41) is 3.06. The minimum absolute atomic E-state index is 0.230. The second kappa shape index (κ2) is 8.57. The molecule has 29 heavy (non-hydrogen) atoms. The molecular weight excluding hydrogens is 396 g/mol. The van der Waals surface area contributed by atoms with Crippen molar-refractivity contribution >= 4 is 29.1 Å². The number of halogens is 1. The smallest absolute Gasteiger partial charge is 0.267 e. The van der Waals surface area contributed by atoms with Gasteiger partial charge >= 0.3 is 0 Å². The van der Waals surface area contributed by atoms with E-state index in [4.69, 9.17) is 22.1 Å². The van der Waals surface area contributed by atoms with Crippen LogP contribution in [0.15, 0.2) is 59.5 Å². The predicted molar refractivity (Wildman–Crippen MR) is 109 cm³/mol. The Morgan fingerprint density at radius 1 is 1.21 bits per heavy atom. The number of carbonyl (C=O) groups excluding carboxylic acids is 2. The van der Waals surface area contributed by atoms with Crippen LogP contribution in [0.2, 0.25) is 5.02 Å². The highest BCUT2D eigenvalue weighted by Crippen LogP contribution is 2.27. The van der Waals surface area contributed by atoms with Crippen molar-refractivity contribution in [2.75, 3.05) is 12.4 Å². The lowest BCUT2D eigenvalue weighted by Crippen LogP contribution is -2.34. The van der Waals surface area contributed by atoms with Gasteiger partial charge in [-0.05, 0) is 18.2 Å². The van der Waals surface area contributed by atoms with Crippen molar-refractivity contribution in [1.82, 2.24) is 9.55 Å². The highest BCUT2D eigenvalue weighted by atomic mass is 35.5. The van der Waals surface area contributed by atoms with Crippen LogP contribution in [0.3, 0.4) is 0 Å². The topological polar surface area (TPSA) is 116 Å². The third kappa shape index (κ3) is 4.44. The normalized spacial score (nSPS) is 10.4. The molecule has 0 saturated carbocycles. The van der Waals surface area contributed by atoms with Gasteiger partial charge in [-0.2, -0.15) is 0 Å². The number of hydrogen-bond donors (Lipinski definition) is 2. The standard InChI is InChI=1S/C20H17ClN4O4/c1-29-16-8-7-13(21)9-15(16)24-17(26)11-25-19(12-5-3-2-4-6-12)23-10-14(18(22)27)20(25)28/h2-10H,11H2,1H3,(H2,22,27)(H,24,26). The number of rotatable bonds is 6. The SMILES string of the molecule is COc1ccc(Cl)cc1NC(=O)Cn1c(-c2ccccc2)ncc(C(N)=O)c1=O. The van der Waals surface area contributed by atoms with E-state index < -0.39 is 23.9 Å². The largest absolute Gasteiger partial charge is 0.495 e. The van der Waals surface area contributed by atoms with Gasteiger partial charge in [0.25, 0.3) is 11.5 Å². The van der Waals surface area contributed by atoms with E-state index >= 15 is 0 Å². The maximum atomic E-state index is 12.8. The molecule has 8 nitrogen and oxygen atoms in total. The first-order valence-electron chi connectivity index (χ1n) is 8.49. The van der Waals surface area contributed by atoms with Gasteiger partial charge in [0.15, 0.2) is 0 Å².